The second kappa shape index (κ2) is 4.03. The molecule has 96 valence electrons. The molecule has 2 aromatic rings. The second-order valence-corrected chi connectivity index (χ2v) is 7.84. The number of hydrogen-bond acceptors (Lipinski definition) is 6. The normalized spacial score (nSPS) is 27.9. The Labute approximate surface area is 103 Å². The van der Waals surface area contributed by atoms with Gasteiger partial charge >= 0.3 is 0 Å². The summed E-state index contributed by atoms with van der Waals surface area (Å²) in [5.41, 5.74) is 6.96. The van der Waals surface area contributed by atoms with Gasteiger partial charge in [-0.3, -0.25) is 0 Å². The van der Waals surface area contributed by atoms with Crippen molar-refractivity contribution in [1.82, 2.24) is 19.5 Å². The molecule has 1 unspecified atom stereocenters. The van der Waals surface area contributed by atoms with E-state index in [0.29, 0.717) is 29.3 Å². The van der Waals surface area contributed by atoms with Crippen LogP contribution in [0.15, 0.2) is 12.7 Å². The smallest absolute Gasteiger partial charge is 0.165 e. The van der Waals surface area contributed by atoms with E-state index in [1.807, 2.05) is 4.57 Å². The fourth-order valence-corrected chi connectivity index (χ4v) is 4.78. The van der Waals surface area contributed by atoms with E-state index in [4.69, 9.17) is 10.8 Å². The molecule has 1 aliphatic rings. The lowest BCUT2D eigenvalue weighted by Gasteiger charge is -2.12. The summed E-state index contributed by atoms with van der Waals surface area (Å²) in [6.45, 7) is 0. The van der Waals surface area contributed by atoms with Crippen LogP contribution in [-0.2, 0) is 4.57 Å². The van der Waals surface area contributed by atoms with Crippen LogP contribution in [0.5, 0.6) is 0 Å². The minimum absolute atomic E-state index is 0.0716. The van der Waals surface area contributed by atoms with E-state index < -0.39 is 7.14 Å². The highest BCUT2D eigenvalue weighted by atomic mass is 31.2. The molecule has 0 radical (unpaired) electrons. The highest BCUT2D eigenvalue weighted by molar-refractivity contribution is 7.64. The van der Waals surface area contributed by atoms with E-state index in [2.05, 4.69) is 15.0 Å². The molecule has 7 nitrogen and oxygen atoms in total. The van der Waals surface area contributed by atoms with Gasteiger partial charge in [-0.2, -0.15) is 0 Å². The first kappa shape index (κ1) is 11.6. The van der Waals surface area contributed by atoms with E-state index in [-0.39, 0.29) is 12.4 Å². The predicted molar refractivity (Wildman–Crippen MR) is 67.8 cm³/mol. The van der Waals surface area contributed by atoms with Gasteiger partial charge in [-0.05, 0) is 6.42 Å². The molecule has 0 spiro atoms. The molecule has 0 bridgehead atoms. The van der Waals surface area contributed by atoms with E-state index in [0.717, 1.165) is 6.42 Å². The molecule has 1 fully saturated rings. The van der Waals surface area contributed by atoms with Gasteiger partial charge in [0.1, 0.15) is 19.0 Å². The van der Waals surface area contributed by atoms with Crippen LogP contribution in [0.25, 0.3) is 11.2 Å². The standard InChI is InChI=1S/C10H14N5O2P/c11-9-8-10(13-4-12-9)15(5-14-8)7-1-2-18(17,3-7)6-16/h4-5,7,16H,1-3,6H2,(H2,11,12,13)/t7-,18?/m1/s1. The molecular weight excluding hydrogens is 253 g/mol. The van der Waals surface area contributed by atoms with Gasteiger partial charge in [-0.1, -0.05) is 0 Å². The molecule has 3 rings (SSSR count). The molecule has 1 saturated heterocycles. The van der Waals surface area contributed by atoms with E-state index >= 15 is 0 Å². The van der Waals surface area contributed by atoms with Crippen molar-refractivity contribution in [1.29, 1.82) is 0 Å². The third kappa shape index (κ3) is 1.71. The number of anilines is 1. The number of hydrogen-bond donors (Lipinski definition) is 2. The van der Waals surface area contributed by atoms with Crippen molar-refractivity contribution in [2.45, 2.75) is 12.5 Å². The third-order valence-corrected chi connectivity index (χ3v) is 6.13. The third-order valence-electron chi connectivity index (χ3n) is 3.45. The Hall–Kier alpha value is -1.46. The first-order valence-electron chi connectivity index (χ1n) is 5.74. The van der Waals surface area contributed by atoms with Gasteiger partial charge in [-0.25, -0.2) is 15.0 Å². The van der Waals surface area contributed by atoms with Crippen LogP contribution in [0.4, 0.5) is 5.82 Å². The average molecular weight is 267 g/mol. The maximum absolute atomic E-state index is 12.1. The Balaban J connectivity index is 2.02. The Morgan fingerprint density at radius 3 is 3.06 bits per heavy atom. The summed E-state index contributed by atoms with van der Waals surface area (Å²) >= 11 is 0. The number of aromatic nitrogens is 4. The Morgan fingerprint density at radius 1 is 1.50 bits per heavy atom. The fraction of sp³-hybridized carbons (Fsp3) is 0.500. The predicted octanol–water partition coefficient (Wildman–Crippen LogP) is 0.666. The first-order chi connectivity index (χ1) is 8.63. The zero-order valence-electron chi connectivity index (χ0n) is 9.73. The second-order valence-electron chi connectivity index (χ2n) is 4.63. The molecule has 2 aromatic heterocycles. The lowest BCUT2D eigenvalue weighted by Crippen LogP contribution is -2.08. The topological polar surface area (TPSA) is 107 Å². The maximum Gasteiger partial charge on any atom is 0.165 e. The van der Waals surface area contributed by atoms with Crippen molar-refractivity contribution < 1.29 is 9.67 Å². The summed E-state index contributed by atoms with van der Waals surface area (Å²) in [6, 6.07) is 0.0716. The summed E-state index contributed by atoms with van der Waals surface area (Å²) in [4.78, 5) is 12.3. The maximum atomic E-state index is 12.1. The molecule has 3 heterocycles. The van der Waals surface area contributed by atoms with Crippen LogP contribution in [0.1, 0.15) is 12.5 Å². The molecule has 0 aliphatic carbocycles. The number of nitrogens with zero attached hydrogens (tertiary/aromatic N) is 4. The van der Waals surface area contributed by atoms with Gasteiger partial charge in [0.25, 0.3) is 0 Å². The highest BCUT2D eigenvalue weighted by Crippen LogP contribution is 2.54. The summed E-state index contributed by atoms with van der Waals surface area (Å²) in [6.07, 6.45) is 4.69. The zero-order chi connectivity index (χ0) is 12.8. The number of nitrogen functional groups attached to an aromatic ring is 1. The van der Waals surface area contributed by atoms with Gasteiger partial charge < -0.3 is 20.0 Å². The molecule has 0 saturated carbocycles. The van der Waals surface area contributed by atoms with Crippen LogP contribution in [0.2, 0.25) is 0 Å². The van der Waals surface area contributed by atoms with E-state index in [1.165, 1.54) is 6.33 Å². The lowest BCUT2D eigenvalue weighted by atomic mass is 10.2. The summed E-state index contributed by atoms with van der Waals surface area (Å²) < 4.78 is 14.0. The van der Waals surface area contributed by atoms with Crippen LogP contribution in [0.3, 0.4) is 0 Å². The number of fused-ring (bicyclic) bond motifs is 1. The lowest BCUT2D eigenvalue weighted by molar-refractivity contribution is 0.358. The van der Waals surface area contributed by atoms with Crippen molar-refractivity contribution in [3.63, 3.8) is 0 Å². The fourth-order valence-electron chi connectivity index (χ4n) is 2.44. The minimum Gasteiger partial charge on any atom is -0.389 e. The first-order valence-corrected chi connectivity index (χ1v) is 8.00. The molecule has 3 N–H and O–H groups in total. The van der Waals surface area contributed by atoms with Crippen molar-refractivity contribution in [3.8, 4) is 0 Å². The number of nitrogens with two attached hydrogens (primary N) is 1. The Kier molecular flexibility index (Phi) is 2.60. The van der Waals surface area contributed by atoms with Crippen molar-refractivity contribution in [3.05, 3.63) is 12.7 Å². The van der Waals surface area contributed by atoms with Crippen molar-refractivity contribution in [2.75, 3.05) is 24.4 Å². The largest absolute Gasteiger partial charge is 0.389 e. The quantitative estimate of drug-likeness (QED) is 0.774. The van der Waals surface area contributed by atoms with Crippen molar-refractivity contribution >= 4 is 24.1 Å². The molecule has 18 heavy (non-hydrogen) atoms. The van der Waals surface area contributed by atoms with Crippen molar-refractivity contribution in [2.24, 2.45) is 0 Å². The number of imidazole rings is 1. The van der Waals surface area contributed by atoms with E-state index in [1.54, 1.807) is 6.33 Å². The van der Waals surface area contributed by atoms with Crippen LogP contribution >= 0.6 is 7.14 Å². The summed E-state index contributed by atoms with van der Waals surface area (Å²) in [5, 5.41) is 9.16. The van der Waals surface area contributed by atoms with Crippen LogP contribution in [-0.4, -0.2) is 43.3 Å². The monoisotopic (exact) mass is 267 g/mol. The molecular formula is C10H14N5O2P. The van der Waals surface area contributed by atoms with Gasteiger partial charge in [0.2, 0.25) is 0 Å². The van der Waals surface area contributed by atoms with Gasteiger partial charge in [0.05, 0.1) is 12.7 Å². The summed E-state index contributed by atoms with van der Waals surface area (Å²) in [7, 11) is -2.41. The summed E-state index contributed by atoms with van der Waals surface area (Å²) in [5.74, 6) is 0.349. The molecule has 2 atom stereocenters. The van der Waals surface area contributed by atoms with Crippen LogP contribution < -0.4 is 5.73 Å². The highest BCUT2D eigenvalue weighted by Gasteiger charge is 2.35. The average Bonchev–Trinajstić information content (AvgIpc) is 2.94. The van der Waals surface area contributed by atoms with Gasteiger partial charge in [0, 0.05) is 18.4 Å². The van der Waals surface area contributed by atoms with E-state index in [9.17, 15) is 4.57 Å². The molecule has 8 heteroatoms. The van der Waals surface area contributed by atoms with Gasteiger partial charge in [0.15, 0.2) is 11.5 Å². The molecule has 0 amide bonds. The molecule has 1 aliphatic heterocycles. The SMILES string of the molecule is Nc1ncnc2c1ncn2[C@@H]1CCP(=O)(CO)C1. The number of rotatable bonds is 2. The zero-order valence-corrected chi connectivity index (χ0v) is 10.6. The van der Waals surface area contributed by atoms with Gasteiger partial charge in [-0.15, -0.1) is 0 Å². The number of aliphatic hydroxyl groups is 1. The number of aliphatic hydroxyl groups excluding tert-OH is 1. The van der Waals surface area contributed by atoms with Crippen LogP contribution in [0, 0.1) is 0 Å². The Morgan fingerprint density at radius 2 is 2.33 bits per heavy atom. The minimum atomic E-state index is -2.41. The Bertz CT molecular complexity index is 640. The molecule has 0 aromatic carbocycles.